The molecule has 1 unspecified atom stereocenters. The minimum Gasteiger partial charge on any atom is -0.481 e. The first kappa shape index (κ1) is 13.9. The lowest BCUT2D eigenvalue weighted by atomic mass is 9.82. The van der Waals surface area contributed by atoms with E-state index in [1.807, 2.05) is 4.90 Å². The van der Waals surface area contributed by atoms with Crippen LogP contribution in [0.25, 0.3) is 0 Å². The third-order valence-electron chi connectivity index (χ3n) is 3.40. The fraction of sp³-hybridized carbons (Fsp3) is 0.583. The lowest BCUT2D eigenvalue weighted by molar-refractivity contribution is -0.148. The summed E-state index contributed by atoms with van der Waals surface area (Å²) < 4.78 is 4.98. The maximum absolute atomic E-state index is 11.3. The summed E-state index contributed by atoms with van der Waals surface area (Å²) in [5.74, 6) is -0.268. The number of rotatable bonds is 3. The summed E-state index contributed by atoms with van der Waals surface area (Å²) in [6.07, 6.45) is 2.90. The number of carbonyl (C=O) groups is 1. The minimum atomic E-state index is -0.797. The molecule has 0 aliphatic carbocycles. The molecule has 0 aromatic carbocycles. The molecule has 0 radical (unpaired) electrons. The first-order valence-electron chi connectivity index (χ1n) is 6.01. The third-order valence-corrected chi connectivity index (χ3v) is 3.66. The Kier molecular flexibility index (Phi) is 3.80. The van der Waals surface area contributed by atoms with Crippen LogP contribution in [0.15, 0.2) is 6.20 Å². The van der Waals surface area contributed by atoms with E-state index in [9.17, 15) is 9.90 Å². The Hall–Kier alpha value is -1.56. The van der Waals surface area contributed by atoms with E-state index in [1.54, 1.807) is 6.92 Å². The van der Waals surface area contributed by atoms with E-state index in [2.05, 4.69) is 9.97 Å². The van der Waals surface area contributed by atoms with E-state index >= 15 is 0 Å². The van der Waals surface area contributed by atoms with Crippen LogP contribution in [-0.2, 0) is 4.79 Å². The average Bonchev–Trinajstić information content (AvgIpc) is 2.39. The van der Waals surface area contributed by atoms with E-state index in [0.717, 1.165) is 13.0 Å². The zero-order valence-electron chi connectivity index (χ0n) is 10.9. The highest BCUT2D eigenvalue weighted by Crippen LogP contribution is 2.34. The van der Waals surface area contributed by atoms with E-state index in [4.69, 9.17) is 16.3 Å². The molecule has 1 fully saturated rings. The molecular weight excluding hydrogens is 270 g/mol. The van der Waals surface area contributed by atoms with Crippen LogP contribution in [0.1, 0.15) is 19.8 Å². The number of aliphatic carboxylic acids is 1. The van der Waals surface area contributed by atoms with Crippen LogP contribution in [0, 0.1) is 5.41 Å². The molecule has 1 aromatic rings. The van der Waals surface area contributed by atoms with Gasteiger partial charge in [-0.2, -0.15) is 4.98 Å². The number of hydrogen-bond donors (Lipinski definition) is 1. The number of ether oxygens (including phenoxy) is 1. The van der Waals surface area contributed by atoms with Gasteiger partial charge in [-0.1, -0.05) is 11.6 Å². The lowest BCUT2D eigenvalue weighted by Crippen LogP contribution is -2.46. The van der Waals surface area contributed by atoms with E-state index in [1.165, 1.54) is 13.3 Å². The Labute approximate surface area is 116 Å². The summed E-state index contributed by atoms with van der Waals surface area (Å²) in [6.45, 7) is 2.85. The monoisotopic (exact) mass is 285 g/mol. The van der Waals surface area contributed by atoms with Gasteiger partial charge in [-0.3, -0.25) is 4.79 Å². The molecule has 2 rings (SSSR count). The van der Waals surface area contributed by atoms with Crippen LogP contribution in [0.5, 0.6) is 6.01 Å². The van der Waals surface area contributed by atoms with Crippen molar-refractivity contribution >= 4 is 23.4 Å². The molecule has 1 aromatic heterocycles. The Bertz CT molecular complexity index is 497. The summed E-state index contributed by atoms with van der Waals surface area (Å²) >= 11 is 6.09. The maximum atomic E-state index is 11.3. The number of nitrogens with zero attached hydrogens (tertiary/aromatic N) is 3. The van der Waals surface area contributed by atoms with Gasteiger partial charge in [-0.25, -0.2) is 4.98 Å². The van der Waals surface area contributed by atoms with Gasteiger partial charge in [0.05, 0.1) is 18.7 Å². The van der Waals surface area contributed by atoms with Crippen molar-refractivity contribution in [3.05, 3.63) is 11.2 Å². The lowest BCUT2D eigenvalue weighted by Gasteiger charge is -2.38. The molecule has 6 nitrogen and oxygen atoms in total. The number of carboxylic acids is 1. The van der Waals surface area contributed by atoms with Gasteiger partial charge in [-0.15, -0.1) is 0 Å². The van der Waals surface area contributed by atoms with Gasteiger partial charge in [-0.05, 0) is 19.8 Å². The van der Waals surface area contributed by atoms with Crippen LogP contribution in [0.2, 0.25) is 5.02 Å². The highest BCUT2D eigenvalue weighted by atomic mass is 35.5. The number of piperidine rings is 1. The van der Waals surface area contributed by atoms with Crippen molar-refractivity contribution in [2.24, 2.45) is 5.41 Å². The number of aromatic nitrogens is 2. The maximum Gasteiger partial charge on any atom is 0.318 e. The summed E-state index contributed by atoms with van der Waals surface area (Å²) in [6, 6.07) is 0.224. The molecule has 1 saturated heterocycles. The van der Waals surface area contributed by atoms with Crippen molar-refractivity contribution in [2.45, 2.75) is 19.8 Å². The van der Waals surface area contributed by atoms with Crippen LogP contribution in [0.3, 0.4) is 0 Å². The summed E-state index contributed by atoms with van der Waals surface area (Å²) in [5, 5.41) is 9.71. The van der Waals surface area contributed by atoms with E-state index in [-0.39, 0.29) is 6.01 Å². The zero-order valence-corrected chi connectivity index (χ0v) is 11.6. The Morgan fingerprint density at radius 2 is 2.37 bits per heavy atom. The molecule has 19 heavy (non-hydrogen) atoms. The number of hydrogen-bond acceptors (Lipinski definition) is 5. The first-order chi connectivity index (χ1) is 8.96. The molecule has 0 amide bonds. The molecule has 7 heteroatoms. The minimum absolute atomic E-state index is 0.224. The highest BCUT2D eigenvalue weighted by Gasteiger charge is 2.38. The number of halogens is 1. The van der Waals surface area contributed by atoms with Gasteiger partial charge in [0.2, 0.25) is 0 Å². The number of anilines is 1. The molecule has 0 saturated carbocycles. The van der Waals surface area contributed by atoms with Crippen molar-refractivity contribution in [2.75, 3.05) is 25.1 Å². The Balaban J connectivity index is 2.29. The molecular formula is C12H16ClN3O3. The summed E-state index contributed by atoms with van der Waals surface area (Å²) in [7, 11) is 1.48. The van der Waals surface area contributed by atoms with Crippen molar-refractivity contribution in [1.82, 2.24) is 9.97 Å². The molecule has 1 aliphatic heterocycles. The molecule has 0 bridgehead atoms. The molecule has 1 atom stereocenters. The van der Waals surface area contributed by atoms with E-state index in [0.29, 0.717) is 23.8 Å². The smallest absolute Gasteiger partial charge is 0.318 e. The van der Waals surface area contributed by atoms with Crippen LogP contribution in [-0.4, -0.2) is 41.2 Å². The van der Waals surface area contributed by atoms with Crippen LogP contribution < -0.4 is 9.64 Å². The molecule has 1 aliphatic rings. The Morgan fingerprint density at radius 1 is 1.63 bits per heavy atom. The van der Waals surface area contributed by atoms with Crippen molar-refractivity contribution < 1.29 is 14.6 Å². The molecule has 1 N–H and O–H groups in total. The van der Waals surface area contributed by atoms with Crippen molar-refractivity contribution in [3.8, 4) is 6.01 Å². The summed E-state index contributed by atoms with van der Waals surface area (Å²) in [5.41, 5.74) is -0.778. The summed E-state index contributed by atoms with van der Waals surface area (Å²) in [4.78, 5) is 21.3. The zero-order chi connectivity index (χ0) is 14.0. The van der Waals surface area contributed by atoms with Gasteiger partial charge >= 0.3 is 12.0 Å². The van der Waals surface area contributed by atoms with Gasteiger partial charge in [0, 0.05) is 13.1 Å². The van der Waals surface area contributed by atoms with Crippen LogP contribution >= 0.6 is 11.6 Å². The largest absolute Gasteiger partial charge is 0.481 e. The number of carboxylic acid groups (broad SMARTS) is 1. The van der Waals surface area contributed by atoms with Gasteiger partial charge in [0.25, 0.3) is 0 Å². The van der Waals surface area contributed by atoms with Crippen molar-refractivity contribution in [3.63, 3.8) is 0 Å². The first-order valence-corrected chi connectivity index (χ1v) is 6.39. The predicted molar refractivity (Wildman–Crippen MR) is 70.8 cm³/mol. The van der Waals surface area contributed by atoms with Crippen LogP contribution in [0.4, 0.5) is 5.82 Å². The highest BCUT2D eigenvalue weighted by molar-refractivity contribution is 6.32. The fourth-order valence-electron chi connectivity index (χ4n) is 2.26. The Morgan fingerprint density at radius 3 is 3.00 bits per heavy atom. The van der Waals surface area contributed by atoms with Crippen molar-refractivity contribution in [1.29, 1.82) is 0 Å². The van der Waals surface area contributed by atoms with Gasteiger partial charge in [0.15, 0.2) is 5.82 Å². The average molecular weight is 286 g/mol. The fourth-order valence-corrected chi connectivity index (χ4v) is 2.47. The van der Waals surface area contributed by atoms with Gasteiger partial charge < -0.3 is 14.7 Å². The molecule has 0 spiro atoms. The molecule has 104 valence electrons. The third kappa shape index (κ3) is 2.73. The van der Waals surface area contributed by atoms with Gasteiger partial charge in [0.1, 0.15) is 5.02 Å². The topological polar surface area (TPSA) is 75.5 Å². The molecule has 2 heterocycles. The second-order valence-corrected chi connectivity index (χ2v) is 5.33. The SMILES string of the molecule is COc1ncc(Cl)c(N2CCCC(C)(C(=O)O)C2)n1. The quantitative estimate of drug-likeness (QED) is 0.913. The van der Waals surface area contributed by atoms with E-state index < -0.39 is 11.4 Å². The second kappa shape index (κ2) is 5.21. The number of methoxy groups -OCH3 is 1. The predicted octanol–water partition coefficient (Wildman–Crippen LogP) is 1.83. The normalized spacial score (nSPS) is 23.2. The standard InChI is InChI=1S/C12H16ClN3O3/c1-12(10(17)18)4-3-5-16(7-12)9-8(13)6-14-11(15-9)19-2/h6H,3-5,7H2,1-2H3,(H,17,18). The second-order valence-electron chi connectivity index (χ2n) is 4.92.